The Labute approximate surface area is 329 Å². The van der Waals surface area contributed by atoms with Crippen molar-refractivity contribution in [2.24, 2.45) is 0 Å². The summed E-state index contributed by atoms with van der Waals surface area (Å²) in [5, 5.41) is 4.08. The highest BCUT2D eigenvalue weighted by atomic mass is 28.3. The first-order valence-corrected chi connectivity index (χ1v) is 22.3. The molecule has 9 aromatic rings. The van der Waals surface area contributed by atoms with Crippen LogP contribution < -0.4 is 20.2 Å². The van der Waals surface area contributed by atoms with Gasteiger partial charge < -0.3 is 14.2 Å². The highest BCUT2D eigenvalue weighted by Crippen LogP contribution is 2.40. The van der Waals surface area contributed by atoms with Crippen LogP contribution >= 0.6 is 0 Å². The molecule has 0 amide bonds. The van der Waals surface area contributed by atoms with Crippen molar-refractivity contribution in [3.8, 4) is 33.6 Å². The molecular weight excluding hydrogens is 697 g/mol. The third kappa shape index (κ3) is 5.83. The lowest BCUT2D eigenvalue weighted by Crippen LogP contribution is -2.49. The molecule has 56 heavy (non-hydrogen) atoms. The van der Waals surface area contributed by atoms with E-state index in [1.807, 2.05) is 0 Å². The van der Waals surface area contributed by atoms with Crippen LogP contribution in [0.4, 0.5) is 34.1 Å². The summed E-state index contributed by atoms with van der Waals surface area (Å²) < 4.78 is 6.87. The first kappa shape index (κ1) is 33.7. The maximum absolute atomic E-state index is 6.87. The number of rotatable bonds is 8. The number of benzene rings is 8. The highest BCUT2D eigenvalue weighted by Gasteiger charge is 2.42. The van der Waals surface area contributed by atoms with Crippen LogP contribution in [-0.4, -0.2) is 8.07 Å². The third-order valence-electron chi connectivity index (χ3n) is 11.2. The molecule has 0 bridgehead atoms. The van der Waals surface area contributed by atoms with E-state index in [9.17, 15) is 0 Å². The third-order valence-corrected chi connectivity index (χ3v) is 14.8. The molecule has 0 aliphatic carbocycles. The zero-order valence-electron chi connectivity index (χ0n) is 31.4. The van der Waals surface area contributed by atoms with Gasteiger partial charge in [0.15, 0.2) is 0 Å². The lowest BCUT2D eigenvalue weighted by molar-refractivity contribution is 0.635. The molecule has 0 unspecified atom stereocenters. The predicted octanol–water partition coefficient (Wildman–Crippen LogP) is 13.5. The van der Waals surface area contributed by atoms with Crippen molar-refractivity contribution < 1.29 is 4.42 Å². The van der Waals surface area contributed by atoms with Gasteiger partial charge in [-0.15, -0.1) is 0 Å². The van der Waals surface area contributed by atoms with Gasteiger partial charge in [-0.1, -0.05) is 134 Å². The molecular formula is C52H40N2OSi. The molecule has 3 nitrogen and oxygen atoms in total. The van der Waals surface area contributed by atoms with Gasteiger partial charge >= 0.3 is 0 Å². The molecule has 0 saturated heterocycles. The molecule has 1 aromatic heterocycles. The SMILES string of the molecule is C[Si]1(C)c2ccc(-c3ccc(N(c4ccccc4)c4ccccc4)cc3)cc2-c2oc3cc(-c4ccc(N(c5ccccc5)c5ccccc5)cc4)ccc3c21. The molecule has 4 heteroatoms. The summed E-state index contributed by atoms with van der Waals surface area (Å²) >= 11 is 0. The normalized spacial score (nSPS) is 12.6. The van der Waals surface area contributed by atoms with Crippen molar-refractivity contribution in [3.63, 3.8) is 0 Å². The molecule has 268 valence electrons. The summed E-state index contributed by atoms with van der Waals surface area (Å²) in [5.41, 5.74) is 13.6. The minimum absolute atomic E-state index is 0.953. The minimum Gasteiger partial charge on any atom is -0.456 e. The van der Waals surface area contributed by atoms with E-state index in [-0.39, 0.29) is 0 Å². The number of hydrogen-bond donors (Lipinski definition) is 0. The van der Waals surface area contributed by atoms with Crippen molar-refractivity contribution in [3.05, 3.63) is 206 Å². The molecule has 0 atom stereocenters. The van der Waals surface area contributed by atoms with Crippen LogP contribution in [0.1, 0.15) is 0 Å². The Morgan fingerprint density at radius 3 is 1.20 bits per heavy atom. The van der Waals surface area contributed by atoms with Crippen molar-refractivity contribution >= 4 is 63.5 Å². The van der Waals surface area contributed by atoms with E-state index in [2.05, 4.69) is 229 Å². The van der Waals surface area contributed by atoms with Gasteiger partial charge in [-0.05, 0) is 118 Å². The molecule has 8 aromatic carbocycles. The van der Waals surface area contributed by atoms with Crippen LogP contribution in [0.5, 0.6) is 0 Å². The highest BCUT2D eigenvalue weighted by molar-refractivity contribution is 7.05. The van der Waals surface area contributed by atoms with E-state index in [0.717, 1.165) is 56.6 Å². The number of nitrogens with zero attached hydrogens (tertiary/aromatic N) is 2. The number of furan rings is 1. The van der Waals surface area contributed by atoms with E-state index in [1.165, 1.54) is 32.5 Å². The minimum atomic E-state index is -2.00. The summed E-state index contributed by atoms with van der Waals surface area (Å²) in [5.74, 6) is 1.04. The van der Waals surface area contributed by atoms with Crippen LogP contribution in [-0.2, 0) is 0 Å². The number of para-hydroxylation sites is 4. The molecule has 0 radical (unpaired) electrons. The average molecular weight is 737 g/mol. The Balaban J connectivity index is 0.971. The Bertz CT molecular complexity index is 2720. The van der Waals surface area contributed by atoms with Crippen LogP contribution in [0, 0.1) is 0 Å². The zero-order valence-corrected chi connectivity index (χ0v) is 32.4. The van der Waals surface area contributed by atoms with Gasteiger partial charge in [0, 0.05) is 45.1 Å². The molecule has 10 rings (SSSR count). The Morgan fingerprint density at radius 1 is 0.375 bits per heavy atom. The number of fused-ring (bicyclic) bond motifs is 5. The molecule has 1 aliphatic heterocycles. The quantitative estimate of drug-likeness (QED) is 0.145. The maximum Gasteiger partial charge on any atom is 0.135 e. The second-order valence-electron chi connectivity index (χ2n) is 15.0. The molecule has 0 N–H and O–H groups in total. The monoisotopic (exact) mass is 736 g/mol. The van der Waals surface area contributed by atoms with Crippen LogP contribution in [0.2, 0.25) is 13.1 Å². The summed E-state index contributed by atoms with van der Waals surface area (Å²) in [7, 11) is -2.00. The van der Waals surface area contributed by atoms with Gasteiger partial charge in [-0.2, -0.15) is 0 Å². The summed E-state index contributed by atoms with van der Waals surface area (Å²) in [6.07, 6.45) is 0. The summed E-state index contributed by atoms with van der Waals surface area (Å²) in [6.45, 7) is 4.92. The topological polar surface area (TPSA) is 19.6 Å². The Morgan fingerprint density at radius 2 is 0.750 bits per heavy atom. The fourth-order valence-corrected chi connectivity index (χ4v) is 11.7. The van der Waals surface area contributed by atoms with Crippen LogP contribution in [0.25, 0.3) is 44.5 Å². The maximum atomic E-state index is 6.87. The fraction of sp³-hybridized carbons (Fsp3) is 0.0385. The number of hydrogen-bond acceptors (Lipinski definition) is 3. The lowest BCUT2D eigenvalue weighted by atomic mass is 10.0. The van der Waals surface area contributed by atoms with Crippen LogP contribution in [0.15, 0.2) is 211 Å². The van der Waals surface area contributed by atoms with Gasteiger partial charge in [0.1, 0.15) is 19.4 Å². The Kier molecular flexibility index (Phi) is 8.27. The molecule has 0 fully saturated rings. The smallest absolute Gasteiger partial charge is 0.135 e. The second-order valence-corrected chi connectivity index (χ2v) is 19.3. The summed E-state index contributed by atoms with van der Waals surface area (Å²) in [6, 6.07) is 73.7. The van der Waals surface area contributed by atoms with Crippen molar-refractivity contribution in [2.75, 3.05) is 9.80 Å². The van der Waals surface area contributed by atoms with E-state index in [0.29, 0.717) is 0 Å². The van der Waals surface area contributed by atoms with Gasteiger partial charge in [-0.25, -0.2) is 0 Å². The number of anilines is 6. The molecule has 0 spiro atoms. The predicted molar refractivity (Wildman–Crippen MR) is 239 cm³/mol. The van der Waals surface area contributed by atoms with Crippen molar-refractivity contribution in [1.82, 2.24) is 0 Å². The van der Waals surface area contributed by atoms with Crippen LogP contribution in [0.3, 0.4) is 0 Å². The zero-order chi connectivity index (χ0) is 37.6. The first-order chi connectivity index (χ1) is 27.5. The molecule has 1 aliphatic rings. The summed E-state index contributed by atoms with van der Waals surface area (Å²) in [4.78, 5) is 4.59. The first-order valence-electron chi connectivity index (χ1n) is 19.3. The standard InChI is InChI=1S/C52H40N2OSi/c1-56(2)50-34-28-39(37-23-29-45(30-24-37)53(41-15-7-3-8-16-41)42-17-9-4-10-18-42)35-48(50)51-52(56)47-33-27-40(36-49(47)55-51)38-25-31-46(32-26-38)54(43-19-11-5-12-20-43)44-21-13-6-14-22-44/h3-36H,1-2H3. The van der Waals surface area contributed by atoms with Gasteiger partial charge in [0.25, 0.3) is 0 Å². The van der Waals surface area contributed by atoms with Gasteiger partial charge in [0.2, 0.25) is 0 Å². The van der Waals surface area contributed by atoms with E-state index < -0.39 is 8.07 Å². The lowest BCUT2D eigenvalue weighted by Gasteiger charge is -2.25. The molecule has 0 saturated carbocycles. The van der Waals surface area contributed by atoms with E-state index >= 15 is 0 Å². The van der Waals surface area contributed by atoms with Crippen molar-refractivity contribution in [1.29, 1.82) is 0 Å². The van der Waals surface area contributed by atoms with Crippen molar-refractivity contribution in [2.45, 2.75) is 13.1 Å². The van der Waals surface area contributed by atoms with E-state index in [1.54, 1.807) is 0 Å². The molecule has 2 heterocycles. The largest absolute Gasteiger partial charge is 0.456 e. The average Bonchev–Trinajstić information content (AvgIpc) is 3.75. The van der Waals surface area contributed by atoms with Gasteiger partial charge in [0.05, 0.1) is 0 Å². The fourth-order valence-electron chi connectivity index (χ4n) is 8.49. The Hall–Kier alpha value is -6.88. The van der Waals surface area contributed by atoms with Gasteiger partial charge in [-0.3, -0.25) is 0 Å². The second kappa shape index (κ2) is 13.8. The van der Waals surface area contributed by atoms with E-state index in [4.69, 9.17) is 4.42 Å².